The number of amides is 1. The molecule has 0 bridgehead atoms. The summed E-state index contributed by atoms with van der Waals surface area (Å²) in [6, 6.07) is 6.22. The van der Waals surface area contributed by atoms with Gasteiger partial charge >= 0.3 is 0 Å². The molecule has 2 rings (SSSR count). The largest absolute Gasteiger partial charge is 0.273 e. The molecule has 1 N–H and O–H groups in total. The predicted octanol–water partition coefficient (Wildman–Crippen LogP) is 1.87. The third-order valence-electron chi connectivity index (χ3n) is 2.50. The Morgan fingerprint density at radius 1 is 1.22 bits per heavy atom. The number of nitrogens with one attached hydrogen (secondary N) is 1. The minimum absolute atomic E-state index is 0.0643. The van der Waals surface area contributed by atoms with Gasteiger partial charge in [-0.15, -0.1) is 0 Å². The van der Waals surface area contributed by atoms with Crippen LogP contribution >= 0.6 is 0 Å². The van der Waals surface area contributed by atoms with Crippen molar-refractivity contribution in [2.24, 2.45) is 5.10 Å². The van der Waals surface area contributed by atoms with Crippen molar-refractivity contribution in [3.05, 3.63) is 46.0 Å². The van der Waals surface area contributed by atoms with Gasteiger partial charge in [-0.3, -0.25) is 14.9 Å². The van der Waals surface area contributed by atoms with Crippen LogP contribution in [0.15, 0.2) is 35.4 Å². The molecule has 0 atom stereocenters. The van der Waals surface area contributed by atoms with Gasteiger partial charge in [0, 0.05) is 25.0 Å². The second-order valence-corrected chi connectivity index (χ2v) is 3.82. The first-order chi connectivity index (χ1) is 8.65. The number of benzene rings is 1. The van der Waals surface area contributed by atoms with Gasteiger partial charge in [0.05, 0.1) is 10.6 Å². The van der Waals surface area contributed by atoms with Gasteiger partial charge in [0.2, 0.25) is 5.91 Å². The van der Waals surface area contributed by atoms with E-state index in [9.17, 15) is 14.9 Å². The summed E-state index contributed by atoms with van der Waals surface area (Å²) in [7, 11) is 0. The zero-order valence-corrected chi connectivity index (χ0v) is 9.50. The number of hydrazone groups is 1. The fraction of sp³-hybridized carbons (Fsp3) is 0.167. The van der Waals surface area contributed by atoms with E-state index in [2.05, 4.69) is 10.5 Å². The highest BCUT2D eigenvalue weighted by Crippen LogP contribution is 2.13. The average molecular weight is 245 g/mol. The molecule has 0 saturated heterocycles. The lowest BCUT2D eigenvalue weighted by Gasteiger charge is -2.07. The monoisotopic (exact) mass is 245 g/mol. The highest BCUT2D eigenvalue weighted by atomic mass is 16.6. The van der Waals surface area contributed by atoms with Crippen LogP contribution in [0.1, 0.15) is 18.4 Å². The van der Waals surface area contributed by atoms with Crippen molar-refractivity contribution in [1.82, 2.24) is 5.43 Å². The maximum atomic E-state index is 10.9. The van der Waals surface area contributed by atoms with E-state index < -0.39 is 4.92 Å². The minimum Gasteiger partial charge on any atom is -0.273 e. The van der Waals surface area contributed by atoms with Gasteiger partial charge in [0.25, 0.3) is 5.69 Å². The molecule has 0 aromatic heterocycles. The minimum atomic E-state index is -0.436. The molecule has 6 heteroatoms. The topological polar surface area (TPSA) is 84.6 Å². The first-order valence-corrected chi connectivity index (χ1v) is 5.43. The molecule has 1 aromatic rings. The number of hydrogen-bond acceptors (Lipinski definition) is 4. The number of carbonyl (C=O) groups is 1. The fourth-order valence-corrected chi connectivity index (χ4v) is 1.51. The molecular formula is C12H11N3O3. The zero-order chi connectivity index (χ0) is 13.0. The molecule has 18 heavy (non-hydrogen) atoms. The average Bonchev–Trinajstić information content (AvgIpc) is 2.38. The normalized spacial score (nSPS) is 15.3. The smallest absolute Gasteiger partial charge is 0.269 e. The maximum Gasteiger partial charge on any atom is 0.269 e. The van der Waals surface area contributed by atoms with E-state index in [0.29, 0.717) is 12.8 Å². The van der Waals surface area contributed by atoms with Gasteiger partial charge in [-0.05, 0) is 23.8 Å². The zero-order valence-electron chi connectivity index (χ0n) is 9.50. The molecule has 92 valence electrons. The SMILES string of the molecule is O=C1CCC(C=Cc2ccc([N+](=O)[O-])cc2)=NN1. The van der Waals surface area contributed by atoms with Crippen molar-refractivity contribution in [2.75, 3.05) is 0 Å². The summed E-state index contributed by atoms with van der Waals surface area (Å²) in [6.07, 6.45) is 4.64. The molecule has 0 fully saturated rings. The molecule has 1 aliphatic rings. The fourth-order valence-electron chi connectivity index (χ4n) is 1.51. The molecule has 0 radical (unpaired) electrons. The summed E-state index contributed by atoms with van der Waals surface area (Å²) < 4.78 is 0. The standard InChI is InChI=1S/C12H11N3O3/c16-12-8-5-10(13-14-12)4-1-9-2-6-11(7-3-9)15(17)18/h1-4,6-7H,5,8H2,(H,14,16). The second-order valence-electron chi connectivity index (χ2n) is 3.82. The Balaban J connectivity index is 2.05. The van der Waals surface area contributed by atoms with Crippen LogP contribution in [0.4, 0.5) is 5.69 Å². The number of nitro groups is 1. The van der Waals surface area contributed by atoms with Crippen LogP contribution < -0.4 is 5.43 Å². The third kappa shape index (κ3) is 3.00. The molecular weight excluding hydrogens is 234 g/mol. The lowest BCUT2D eigenvalue weighted by molar-refractivity contribution is -0.384. The van der Waals surface area contributed by atoms with E-state index in [0.717, 1.165) is 11.3 Å². The van der Waals surface area contributed by atoms with Gasteiger partial charge in [-0.2, -0.15) is 5.10 Å². The van der Waals surface area contributed by atoms with Crippen LogP contribution in [0, 0.1) is 10.1 Å². The molecule has 1 heterocycles. The second kappa shape index (κ2) is 5.22. The van der Waals surface area contributed by atoms with Crippen molar-refractivity contribution in [1.29, 1.82) is 0 Å². The molecule has 0 saturated carbocycles. The Morgan fingerprint density at radius 3 is 2.50 bits per heavy atom. The Labute approximate surface area is 103 Å². The highest BCUT2D eigenvalue weighted by Gasteiger charge is 2.08. The van der Waals surface area contributed by atoms with Gasteiger partial charge < -0.3 is 0 Å². The van der Waals surface area contributed by atoms with Crippen LogP contribution in [0.5, 0.6) is 0 Å². The molecule has 0 unspecified atom stereocenters. The maximum absolute atomic E-state index is 10.9. The number of rotatable bonds is 3. The molecule has 6 nitrogen and oxygen atoms in total. The number of hydrogen-bond donors (Lipinski definition) is 1. The quantitative estimate of drug-likeness (QED) is 0.651. The van der Waals surface area contributed by atoms with Gasteiger partial charge in [0.1, 0.15) is 0 Å². The van der Waals surface area contributed by atoms with Gasteiger partial charge in [0.15, 0.2) is 0 Å². The van der Waals surface area contributed by atoms with E-state index in [1.54, 1.807) is 24.3 Å². The first-order valence-electron chi connectivity index (χ1n) is 5.43. The Morgan fingerprint density at radius 2 is 1.94 bits per heavy atom. The number of nitrogens with zero attached hydrogens (tertiary/aromatic N) is 2. The Kier molecular flexibility index (Phi) is 3.47. The summed E-state index contributed by atoms with van der Waals surface area (Å²) in [4.78, 5) is 20.9. The number of carbonyl (C=O) groups excluding carboxylic acids is 1. The summed E-state index contributed by atoms with van der Waals surface area (Å²) >= 11 is 0. The van der Waals surface area contributed by atoms with Crippen molar-refractivity contribution in [3.8, 4) is 0 Å². The lowest BCUT2D eigenvalue weighted by Crippen LogP contribution is -2.24. The molecule has 0 aliphatic carbocycles. The summed E-state index contributed by atoms with van der Waals surface area (Å²) in [5.41, 5.74) is 4.10. The first kappa shape index (κ1) is 12.0. The lowest BCUT2D eigenvalue weighted by atomic mass is 10.1. The highest BCUT2D eigenvalue weighted by molar-refractivity contribution is 6.02. The van der Waals surface area contributed by atoms with E-state index >= 15 is 0 Å². The van der Waals surface area contributed by atoms with Crippen LogP contribution in [-0.4, -0.2) is 16.5 Å². The summed E-state index contributed by atoms with van der Waals surface area (Å²) in [5, 5.41) is 14.4. The molecule has 1 aliphatic heterocycles. The number of nitro benzene ring substituents is 1. The van der Waals surface area contributed by atoms with Gasteiger partial charge in [-0.25, -0.2) is 5.43 Å². The van der Waals surface area contributed by atoms with Crippen LogP contribution in [0.2, 0.25) is 0 Å². The van der Waals surface area contributed by atoms with Crippen LogP contribution in [-0.2, 0) is 4.79 Å². The number of non-ortho nitro benzene ring substituents is 1. The Bertz CT molecular complexity index is 532. The molecule has 1 aromatic carbocycles. The summed E-state index contributed by atoms with van der Waals surface area (Å²) in [5.74, 6) is -0.0810. The van der Waals surface area contributed by atoms with Crippen molar-refractivity contribution >= 4 is 23.4 Å². The van der Waals surface area contributed by atoms with Crippen molar-refractivity contribution in [2.45, 2.75) is 12.8 Å². The molecule has 1 amide bonds. The molecule has 0 spiro atoms. The van der Waals surface area contributed by atoms with Crippen LogP contribution in [0.25, 0.3) is 6.08 Å². The van der Waals surface area contributed by atoms with Gasteiger partial charge in [-0.1, -0.05) is 6.08 Å². The van der Waals surface area contributed by atoms with E-state index in [1.165, 1.54) is 12.1 Å². The van der Waals surface area contributed by atoms with E-state index in [-0.39, 0.29) is 11.6 Å². The van der Waals surface area contributed by atoms with Crippen molar-refractivity contribution in [3.63, 3.8) is 0 Å². The Hall–Kier alpha value is -2.50. The predicted molar refractivity (Wildman–Crippen MR) is 66.9 cm³/mol. The third-order valence-corrected chi connectivity index (χ3v) is 2.50. The summed E-state index contributed by atoms with van der Waals surface area (Å²) in [6.45, 7) is 0. The number of allylic oxidation sites excluding steroid dienone is 1. The van der Waals surface area contributed by atoms with E-state index in [4.69, 9.17) is 0 Å². The van der Waals surface area contributed by atoms with Crippen LogP contribution in [0.3, 0.4) is 0 Å². The van der Waals surface area contributed by atoms with E-state index in [1.807, 2.05) is 0 Å². The van der Waals surface area contributed by atoms with Crippen molar-refractivity contribution < 1.29 is 9.72 Å².